The number of sulfonamides is 1. The molecule has 37 heavy (non-hydrogen) atoms. The van der Waals surface area contributed by atoms with Gasteiger partial charge in [0.2, 0.25) is 15.9 Å². The predicted molar refractivity (Wildman–Crippen MR) is 139 cm³/mol. The summed E-state index contributed by atoms with van der Waals surface area (Å²) < 4.78 is 39.8. The first-order valence-electron chi connectivity index (χ1n) is 12.5. The fourth-order valence-corrected chi connectivity index (χ4v) is 5.61. The van der Waals surface area contributed by atoms with E-state index in [1.165, 1.54) is 17.0 Å². The van der Waals surface area contributed by atoms with Crippen molar-refractivity contribution in [1.82, 2.24) is 9.62 Å². The number of rotatable bonds is 8. The van der Waals surface area contributed by atoms with Crippen LogP contribution in [0.25, 0.3) is 10.8 Å². The molecule has 9 nitrogen and oxygen atoms in total. The maximum Gasteiger partial charge on any atom is 0.328 e. The molecule has 0 bridgehead atoms. The first-order valence-corrected chi connectivity index (χ1v) is 14.0. The zero-order chi connectivity index (χ0) is 27.4. The number of carbonyl (C=O) groups excluding carboxylic acids is 3. The van der Waals surface area contributed by atoms with Crippen LogP contribution < -0.4 is 4.72 Å². The van der Waals surface area contributed by atoms with Crippen LogP contribution in [0, 0.1) is 5.92 Å². The molecule has 10 heteroatoms. The second kappa shape index (κ2) is 11.6. The van der Waals surface area contributed by atoms with E-state index in [1.54, 1.807) is 45.9 Å². The van der Waals surface area contributed by atoms with Gasteiger partial charge < -0.3 is 14.4 Å². The molecule has 0 spiro atoms. The molecule has 0 aromatic heterocycles. The van der Waals surface area contributed by atoms with E-state index in [0.717, 1.165) is 5.39 Å². The Kier molecular flexibility index (Phi) is 8.96. The highest BCUT2D eigenvalue weighted by Gasteiger charge is 2.40. The van der Waals surface area contributed by atoms with Crippen LogP contribution in [0.2, 0.25) is 0 Å². The summed E-state index contributed by atoms with van der Waals surface area (Å²) in [5.41, 5.74) is -0.823. The van der Waals surface area contributed by atoms with Crippen molar-refractivity contribution >= 4 is 38.6 Å². The Morgan fingerprint density at radius 3 is 2.43 bits per heavy atom. The highest BCUT2D eigenvalue weighted by Crippen LogP contribution is 2.26. The van der Waals surface area contributed by atoms with Crippen LogP contribution in [0.1, 0.15) is 53.9 Å². The zero-order valence-corrected chi connectivity index (χ0v) is 22.8. The van der Waals surface area contributed by atoms with Gasteiger partial charge >= 0.3 is 11.9 Å². The lowest BCUT2D eigenvalue weighted by atomic mass is 9.91. The molecule has 1 N–H and O–H groups in total. The number of hydrogen-bond donors (Lipinski definition) is 1. The first kappa shape index (κ1) is 28.6. The molecular formula is C27H36N2O7S. The Morgan fingerprint density at radius 1 is 1.11 bits per heavy atom. The number of likely N-dealkylation sites (tertiary alicyclic amines) is 1. The molecule has 1 heterocycles. The van der Waals surface area contributed by atoms with Gasteiger partial charge in [0.05, 0.1) is 17.9 Å². The largest absolute Gasteiger partial charge is 0.464 e. The van der Waals surface area contributed by atoms with Crippen molar-refractivity contribution in [3.05, 3.63) is 42.5 Å². The lowest BCUT2D eigenvalue weighted by molar-refractivity contribution is -0.160. The van der Waals surface area contributed by atoms with Crippen LogP contribution in [0.15, 0.2) is 47.4 Å². The number of fused-ring (bicyclic) bond motifs is 1. The van der Waals surface area contributed by atoms with Crippen LogP contribution in [0.4, 0.5) is 0 Å². The quantitative estimate of drug-likeness (QED) is 0.518. The van der Waals surface area contributed by atoms with Crippen LogP contribution >= 0.6 is 0 Å². The van der Waals surface area contributed by atoms with Crippen molar-refractivity contribution in [3.63, 3.8) is 0 Å². The summed E-state index contributed by atoms with van der Waals surface area (Å²) in [6, 6.07) is 9.62. The minimum Gasteiger partial charge on any atom is -0.464 e. The molecule has 1 saturated heterocycles. The van der Waals surface area contributed by atoms with E-state index in [2.05, 4.69) is 4.72 Å². The molecule has 1 aliphatic rings. The summed E-state index contributed by atoms with van der Waals surface area (Å²) in [5, 5.41) is 1.58. The Balaban J connectivity index is 1.93. The van der Waals surface area contributed by atoms with Gasteiger partial charge in [-0.25, -0.2) is 13.2 Å². The van der Waals surface area contributed by atoms with Crippen molar-refractivity contribution in [1.29, 1.82) is 0 Å². The van der Waals surface area contributed by atoms with Gasteiger partial charge in [-0.1, -0.05) is 37.3 Å². The normalized spacial score (nSPS) is 19.3. The van der Waals surface area contributed by atoms with Gasteiger partial charge in [0.25, 0.3) is 0 Å². The Labute approximate surface area is 218 Å². The minimum absolute atomic E-state index is 0.0394. The molecule has 0 unspecified atom stereocenters. The maximum atomic E-state index is 13.7. The summed E-state index contributed by atoms with van der Waals surface area (Å²) >= 11 is 0. The highest BCUT2D eigenvalue weighted by molar-refractivity contribution is 7.89. The molecule has 2 aromatic carbocycles. The molecule has 1 fully saturated rings. The molecule has 1 amide bonds. The maximum absolute atomic E-state index is 13.7. The summed E-state index contributed by atoms with van der Waals surface area (Å²) in [6.07, 6.45) is 0.504. The smallest absolute Gasteiger partial charge is 0.328 e. The third kappa shape index (κ3) is 7.52. The van der Waals surface area contributed by atoms with E-state index < -0.39 is 52.0 Å². The second-order valence-electron chi connectivity index (χ2n) is 10.4. The van der Waals surface area contributed by atoms with E-state index in [-0.39, 0.29) is 24.0 Å². The second-order valence-corrected chi connectivity index (χ2v) is 12.1. The minimum atomic E-state index is -4.20. The van der Waals surface area contributed by atoms with Gasteiger partial charge in [-0.2, -0.15) is 4.72 Å². The van der Waals surface area contributed by atoms with Gasteiger partial charge in [-0.3, -0.25) is 9.59 Å². The van der Waals surface area contributed by atoms with Crippen LogP contribution in [0.5, 0.6) is 0 Å². The molecule has 1 aliphatic heterocycles. The van der Waals surface area contributed by atoms with E-state index in [1.807, 2.05) is 19.1 Å². The third-order valence-electron chi connectivity index (χ3n) is 6.12. The van der Waals surface area contributed by atoms with Crippen molar-refractivity contribution in [2.45, 2.75) is 76.5 Å². The van der Waals surface area contributed by atoms with Gasteiger partial charge in [0.15, 0.2) is 0 Å². The van der Waals surface area contributed by atoms with E-state index >= 15 is 0 Å². The van der Waals surface area contributed by atoms with Crippen LogP contribution in [-0.4, -0.2) is 62.0 Å². The summed E-state index contributed by atoms with van der Waals surface area (Å²) in [4.78, 5) is 40.4. The van der Waals surface area contributed by atoms with Gasteiger partial charge in [-0.05, 0) is 69.4 Å². The number of carbonyl (C=O) groups is 3. The monoisotopic (exact) mass is 532 g/mol. The number of nitrogens with zero attached hydrogens (tertiary/aromatic N) is 1. The standard InChI is InChI=1S/C27H36N2O7S/c1-6-35-26(32)23-15-18(2)13-14-29(23)25(31)22(17-24(30)36-27(3,4)5)28-37(33,34)21-12-11-19-9-7-8-10-20(19)16-21/h7-12,16,18,22-23,28H,6,13-15,17H2,1-5H3/t18-,22+,23-/m1/s1. The molecule has 3 atom stereocenters. The number of hydrogen-bond acceptors (Lipinski definition) is 7. The molecule has 2 aromatic rings. The number of amides is 1. The zero-order valence-electron chi connectivity index (χ0n) is 22.0. The van der Waals surface area contributed by atoms with E-state index in [4.69, 9.17) is 9.47 Å². The van der Waals surface area contributed by atoms with Crippen molar-refractivity contribution < 1.29 is 32.3 Å². The lowest BCUT2D eigenvalue weighted by Crippen LogP contribution is -2.57. The van der Waals surface area contributed by atoms with Crippen LogP contribution in [0.3, 0.4) is 0 Å². The number of piperidine rings is 1. The van der Waals surface area contributed by atoms with Crippen molar-refractivity contribution in [3.8, 4) is 0 Å². The molecule has 3 rings (SSSR count). The van der Waals surface area contributed by atoms with Gasteiger partial charge in [0, 0.05) is 6.54 Å². The molecule has 0 saturated carbocycles. The SMILES string of the molecule is CCOC(=O)[C@H]1C[C@H](C)CCN1C(=O)[C@H](CC(=O)OC(C)(C)C)NS(=O)(=O)c1ccc2ccccc2c1. The summed E-state index contributed by atoms with van der Waals surface area (Å²) in [5.74, 6) is -1.77. The summed E-state index contributed by atoms with van der Waals surface area (Å²) in [7, 11) is -4.20. The van der Waals surface area contributed by atoms with Crippen molar-refractivity contribution in [2.75, 3.05) is 13.2 Å². The van der Waals surface area contributed by atoms with Crippen LogP contribution in [-0.2, 0) is 33.9 Å². The van der Waals surface area contributed by atoms with Crippen molar-refractivity contribution in [2.24, 2.45) is 5.92 Å². The number of esters is 2. The highest BCUT2D eigenvalue weighted by atomic mass is 32.2. The fourth-order valence-electron chi connectivity index (χ4n) is 4.39. The van der Waals surface area contributed by atoms with Gasteiger partial charge in [-0.15, -0.1) is 0 Å². The molecule has 0 radical (unpaired) electrons. The Hall–Kier alpha value is -2.98. The van der Waals surface area contributed by atoms with Gasteiger partial charge in [0.1, 0.15) is 17.7 Å². The third-order valence-corrected chi connectivity index (χ3v) is 7.59. The number of benzene rings is 2. The molecule has 202 valence electrons. The first-order chi connectivity index (χ1) is 17.3. The summed E-state index contributed by atoms with van der Waals surface area (Å²) in [6.45, 7) is 9.11. The topological polar surface area (TPSA) is 119 Å². The number of nitrogens with one attached hydrogen (secondary N) is 1. The molecular weight excluding hydrogens is 496 g/mol. The average Bonchev–Trinajstić information content (AvgIpc) is 2.81. The fraction of sp³-hybridized carbons (Fsp3) is 0.519. The predicted octanol–water partition coefficient (Wildman–Crippen LogP) is 3.41. The Bertz CT molecular complexity index is 1250. The van der Waals surface area contributed by atoms with E-state index in [0.29, 0.717) is 18.2 Å². The van der Waals surface area contributed by atoms with E-state index in [9.17, 15) is 22.8 Å². The lowest BCUT2D eigenvalue weighted by Gasteiger charge is -2.38. The molecule has 0 aliphatic carbocycles. The number of ether oxygens (including phenoxy) is 2. The average molecular weight is 533 g/mol. The Morgan fingerprint density at radius 2 is 1.78 bits per heavy atom.